The molecule has 160 valence electrons. The predicted molar refractivity (Wildman–Crippen MR) is 122 cm³/mol. The van der Waals surface area contributed by atoms with Gasteiger partial charge >= 0.3 is 0 Å². The third-order valence-electron chi connectivity index (χ3n) is 8.10. The van der Waals surface area contributed by atoms with Crippen LogP contribution < -0.4 is 0 Å². The van der Waals surface area contributed by atoms with Gasteiger partial charge in [0.2, 0.25) is 0 Å². The van der Waals surface area contributed by atoms with Crippen molar-refractivity contribution in [2.45, 2.75) is 74.4 Å². The van der Waals surface area contributed by atoms with Crippen LogP contribution in [0.15, 0.2) is 23.3 Å². The van der Waals surface area contributed by atoms with Crippen LogP contribution in [0.5, 0.6) is 0 Å². The van der Waals surface area contributed by atoms with Crippen LogP contribution in [-0.4, -0.2) is 42.1 Å². The van der Waals surface area contributed by atoms with E-state index in [0.29, 0.717) is 12.1 Å². The fourth-order valence-electron chi connectivity index (χ4n) is 6.86. The highest BCUT2D eigenvalue weighted by Crippen LogP contribution is 2.38. The first-order valence-electron chi connectivity index (χ1n) is 12.0. The number of hydrogen-bond acceptors (Lipinski definition) is 2. The van der Waals surface area contributed by atoms with Gasteiger partial charge in [-0.2, -0.15) is 0 Å². The molecule has 2 nitrogen and oxygen atoms in total. The van der Waals surface area contributed by atoms with Crippen molar-refractivity contribution in [3.05, 3.63) is 23.3 Å². The summed E-state index contributed by atoms with van der Waals surface area (Å²) in [6, 6.07) is 0. The molecule has 1 heterocycles. The second-order valence-corrected chi connectivity index (χ2v) is 11.1. The Balaban J connectivity index is 1.69. The molecule has 1 fully saturated rings. The molecule has 1 aliphatic heterocycles. The lowest BCUT2D eigenvalue weighted by Gasteiger charge is -2.42. The van der Waals surface area contributed by atoms with Crippen LogP contribution >= 0.6 is 0 Å². The Hall–Kier alpha value is -0.600. The third kappa shape index (κ3) is 4.75. The summed E-state index contributed by atoms with van der Waals surface area (Å²) in [7, 11) is 0. The molecule has 0 amide bonds. The molecule has 0 bridgehead atoms. The summed E-state index contributed by atoms with van der Waals surface area (Å²) in [5.74, 6) is 5.38. The first kappa shape index (κ1) is 22.1. The minimum absolute atomic E-state index is 0.623. The topological polar surface area (TPSA) is 6.48 Å². The Morgan fingerprint density at radius 1 is 0.786 bits per heavy atom. The van der Waals surface area contributed by atoms with Gasteiger partial charge in [-0.3, -0.25) is 9.80 Å². The van der Waals surface area contributed by atoms with E-state index < -0.39 is 0 Å². The van der Waals surface area contributed by atoms with Crippen molar-refractivity contribution in [3.8, 4) is 0 Å². The SMILES string of the molecule is CC1=C[C@H](C)[C@H](CN2CCN(C[C@H]3[C@H](C)C=C(C)C[C@@H]3C)C2C(C)C)[C@H](C)C1. The monoisotopic (exact) mass is 386 g/mol. The zero-order valence-corrected chi connectivity index (χ0v) is 19.9. The van der Waals surface area contributed by atoms with Crippen molar-refractivity contribution in [1.29, 1.82) is 0 Å². The van der Waals surface area contributed by atoms with E-state index in [1.807, 2.05) is 0 Å². The quantitative estimate of drug-likeness (QED) is 0.530. The van der Waals surface area contributed by atoms with Crippen LogP contribution in [0.2, 0.25) is 0 Å². The highest BCUT2D eigenvalue weighted by molar-refractivity contribution is 5.10. The first-order valence-corrected chi connectivity index (χ1v) is 12.0. The van der Waals surface area contributed by atoms with Crippen molar-refractivity contribution in [1.82, 2.24) is 9.80 Å². The van der Waals surface area contributed by atoms with E-state index in [0.717, 1.165) is 35.5 Å². The van der Waals surface area contributed by atoms with E-state index in [1.54, 1.807) is 11.1 Å². The lowest BCUT2D eigenvalue weighted by molar-refractivity contribution is 0.0439. The zero-order chi connectivity index (χ0) is 20.6. The van der Waals surface area contributed by atoms with Gasteiger partial charge in [0.25, 0.3) is 0 Å². The minimum atomic E-state index is 0.623. The average molecular weight is 387 g/mol. The van der Waals surface area contributed by atoms with Gasteiger partial charge in [0, 0.05) is 26.2 Å². The normalized spacial score (nSPS) is 40.7. The van der Waals surface area contributed by atoms with Gasteiger partial charge in [0.1, 0.15) is 0 Å². The maximum atomic E-state index is 2.84. The van der Waals surface area contributed by atoms with Gasteiger partial charge in [-0.1, -0.05) is 64.8 Å². The van der Waals surface area contributed by atoms with E-state index in [2.05, 4.69) is 77.3 Å². The second kappa shape index (κ2) is 9.04. The zero-order valence-electron chi connectivity index (χ0n) is 19.9. The lowest BCUT2D eigenvalue weighted by Crippen LogP contribution is -2.48. The van der Waals surface area contributed by atoms with Gasteiger partial charge in [-0.15, -0.1) is 0 Å². The van der Waals surface area contributed by atoms with Gasteiger partial charge in [-0.05, 0) is 68.1 Å². The van der Waals surface area contributed by atoms with Crippen LogP contribution in [0.1, 0.15) is 68.2 Å². The largest absolute Gasteiger partial charge is 0.286 e. The molecule has 0 radical (unpaired) electrons. The Morgan fingerprint density at radius 3 is 1.50 bits per heavy atom. The standard InChI is InChI=1S/C26H46N2/c1-17(2)26-27(15-24-20(5)11-18(3)12-21(24)6)9-10-28(26)16-25-22(7)13-19(4)14-23(25)8/h11,13,17,20-26H,9-10,12,14-16H2,1-8H3/t20-,21+,22+,23-,24-,25-,26?/m0/s1. The van der Waals surface area contributed by atoms with Gasteiger partial charge in [-0.25, -0.2) is 0 Å². The molecule has 2 aliphatic carbocycles. The second-order valence-electron chi connectivity index (χ2n) is 11.1. The molecular weight excluding hydrogens is 340 g/mol. The summed E-state index contributed by atoms with van der Waals surface area (Å²) in [6.45, 7) is 24.4. The predicted octanol–water partition coefficient (Wildman–Crippen LogP) is 6.06. The molecule has 0 aromatic heterocycles. The van der Waals surface area contributed by atoms with Crippen LogP contribution in [0, 0.1) is 41.4 Å². The average Bonchev–Trinajstić information content (AvgIpc) is 2.96. The molecule has 0 aromatic rings. The summed E-state index contributed by atoms with van der Waals surface area (Å²) in [4.78, 5) is 5.69. The summed E-state index contributed by atoms with van der Waals surface area (Å²) in [5.41, 5.74) is 3.20. The van der Waals surface area contributed by atoms with Crippen LogP contribution in [0.3, 0.4) is 0 Å². The van der Waals surface area contributed by atoms with Gasteiger partial charge < -0.3 is 0 Å². The van der Waals surface area contributed by atoms with Crippen molar-refractivity contribution >= 4 is 0 Å². The molecule has 3 aliphatic rings. The van der Waals surface area contributed by atoms with E-state index >= 15 is 0 Å². The summed E-state index contributed by atoms with van der Waals surface area (Å²) in [5, 5.41) is 0. The fraction of sp³-hybridized carbons (Fsp3) is 0.846. The molecule has 1 unspecified atom stereocenters. The first-order chi connectivity index (χ1) is 13.2. The molecule has 7 atom stereocenters. The van der Waals surface area contributed by atoms with E-state index in [1.165, 1.54) is 39.0 Å². The molecular formula is C26H46N2. The Kier molecular flexibility index (Phi) is 7.14. The number of rotatable bonds is 5. The van der Waals surface area contributed by atoms with Gasteiger partial charge in [0.05, 0.1) is 6.17 Å². The molecule has 3 rings (SSSR count). The summed E-state index contributed by atoms with van der Waals surface area (Å²) in [6.07, 6.45) is 8.30. The number of allylic oxidation sites excluding steroid dienone is 4. The van der Waals surface area contributed by atoms with Crippen LogP contribution in [0.25, 0.3) is 0 Å². The summed E-state index contributed by atoms with van der Waals surface area (Å²) >= 11 is 0. The maximum Gasteiger partial charge on any atom is 0.0647 e. The molecule has 0 saturated carbocycles. The van der Waals surface area contributed by atoms with Crippen molar-refractivity contribution in [2.24, 2.45) is 41.4 Å². The molecule has 0 spiro atoms. The third-order valence-corrected chi connectivity index (χ3v) is 8.10. The molecule has 0 aromatic carbocycles. The summed E-state index contributed by atoms with van der Waals surface area (Å²) < 4.78 is 0. The van der Waals surface area contributed by atoms with Crippen LogP contribution in [-0.2, 0) is 0 Å². The smallest absolute Gasteiger partial charge is 0.0647 e. The Morgan fingerprint density at radius 2 is 1.18 bits per heavy atom. The number of nitrogens with zero attached hydrogens (tertiary/aromatic N) is 2. The lowest BCUT2D eigenvalue weighted by atomic mass is 9.74. The minimum Gasteiger partial charge on any atom is -0.286 e. The highest BCUT2D eigenvalue weighted by Gasteiger charge is 2.40. The molecule has 2 heteroatoms. The van der Waals surface area contributed by atoms with Gasteiger partial charge in [0.15, 0.2) is 0 Å². The number of hydrogen-bond donors (Lipinski definition) is 0. The maximum absolute atomic E-state index is 2.84. The molecule has 0 N–H and O–H groups in total. The Labute approximate surface area is 175 Å². The van der Waals surface area contributed by atoms with E-state index in [9.17, 15) is 0 Å². The van der Waals surface area contributed by atoms with E-state index in [-0.39, 0.29) is 0 Å². The van der Waals surface area contributed by atoms with Crippen LogP contribution in [0.4, 0.5) is 0 Å². The molecule has 28 heavy (non-hydrogen) atoms. The molecule has 1 saturated heterocycles. The fourth-order valence-corrected chi connectivity index (χ4v) is 6.86. The van der Waals surface area contributed by atoms with Crippen molar-refractivity contribution < 1.29 is 0 Å². The highest BCUT2D eigenvalue weighted by atomic mass is 15.4. The van der Waals surface area contributed by atoms with E-state index in [4.69, 9.17) is 0 Å². The van der Waals surface area contributed by atoms with Crippen molar-refractivity contribution in [2.75, 3.05) is 26.2 Å². The van der Waals surface area contributed by atoms with Crippen molar-refractivity contribution in [3.63, 3.8) is 0 Å². The Bertz CT molecular complexity index is 541.